The maximum absolute atomic E-state index is 12.4. The zero-order valence-electron chi connectivity index (χ0n) is 18.8. The number of rotatable bonds is 10. The highest BCUT2D eigenvalue weighted by Gasteiger charge is 2.17. The van der Waals surface area contributed by atoms with Gasteiger partial charge in [-0.05, 0) is 63.8 Å². The minimum Gasteiger partial charge on any atom is -0.372 e. The second-order valence-electron chi connectivity index (χ2n) is 7.40. The molecule has 0 radical (unpaired) electrons. The van der Waals surface area contributed by atoms with Crippen molar-refractivity contribution < 1.29 is 8.42 Å². The van der Waals surface area contributed by atoms with E-state index in [4.69, 9.17) is 0 Å². The molecule has 0 amide bonds. The number of nitrogens with one attached hydrogen (secondary N) is 1. The SMILES string of the molecule is C=N/C(=C\C=C/C)S(=O)(=O)Nc1ccc(CCN2CCN(/C(C)=C/C=C\C)CC2)cc1. The van der Waals surface area contributed by atoms with Gasteiger partial charge in [0.15, 0.2) is 5.03 Å². The molecule has 2 rings (SSSR count). The first kappa shape index (κ1) is 24.6. The summed E-state index contributed by atoms with van der Waals surface area (Å²) in [4.78, 5) is 8.52. The van der Waals surface area contributed by atoms with E-state index >= 15 is 0 Å². The van der Waals surface area contributed by atoms with Crippen LogP contribution in [0.3, 0.4) is 0 Å². The van der Waals surface area contributed by atoms with Crippen LogP contribution >= 0.6 is 0 Å². The Morgan fingerprint density at radius 2 is 1.68 bits per heavy atom. The summed E-state index contributed by atoms with van der Waals surface area (Å²) in [5.74, 6) is 0. The van der Waals surface area contributed by atoms with Crippen LogP contribution in [0, 0.1) is 0 Å². The van der Waals surface area contributed by atoms with Gasteiger partial charge < -0.3 is 4.90 Å². The maximum atomic E-state index is 12.4. The molecule has 6 nitrogen and oxygen atoms in total. The number of sulfonamides is 1. The summed E-state index contributed by atoms with van der Waals surface area (Å²) in [6.45, 7) is 14.5. The average Bonchev–Trinajstić information content (AvgIpc) is 2.77. The summed E-state index contributed by atoms with van der Waals surface area (Å²) in [5, 5.41) is -0.107. The van der Waals surface area contributed by atoms with Crippen LogP contribution in [-0.4, -0.2) is 57.7 Å². The molecule has 168 valence electrons. The van der Waals surface area contributed by atoms with Gasteiger partial charge in [0.1, 0.15) is 0 Å². The van der Waals surface area contributed by atoms with Crippen molar-refractivity contribution in [1.82, 2.24) is 9.80 Å². The molecule has 0 aliphatic carbocycles. The number of piperazine rings is 1. The molecule has 31 heavy (non-hydrogen) atoms. The molecular formula is C24H34N4O2S. The maximum Gasteiger partial charge on any atom is 0.279 e. The molecular weight excluding hydrogens is 408 g/mol. The van der Waals surface area contributed by atoms with Gasteiger partial charge in [-0.25, -0.2) is 0 Å². The largest absolute Gasteiger partial charge is 0.372 e. The van der Waals surface area contributed by atoms with Crippen LogP contribution in [-0.2, 0) is 16.4 Å². The van der Waals surface area contributed by atoms with Crippen LogP contribution in [0.2, 0.25) is 0 Å². The Morgan fingerprint density at radius 3 is 2.26 bits per heavy atom. The van der Waals surface area contributed by atoms with Gasteiger partial charge in [-0.3, -0.25) is 14.6 Å². The number of hydrogen-bond acceptors (Lipinski definition) is 5. The Labute approximate surface area is 187 Å². The van der Waals surface area contributed by atoms with Gasteiger partial charge in [-0.15, -0.1) is 0 Å². The third-order valence-electron chi connectivity index (χ3n) is 5.19. The van der Waals surface area contributed by atoms with E-state index in [-0.39, 0.29) is 5.03 Å². The van der Waals surface area contributed by atoms with E-state index in [0.717, 1.165) is 39.1 Å². The number of hydrogen-bond donors (Lipinski definition) is 1. The first-order valence-corrected chi connectivity index (χ1v) is 12.1. The van der Waals surface area contributed by atoms with Crippen molar-refractivity contribution in [3.8, 4) is 0 Å². The monoisotopic (exact) mass is 442 g/mol. The zero-order chi connectivity index (χ0) is 22.7. The highest BCUT2D eigenvalue weighted by molar-refractivity contribution is 7.96. The summed E-state index contributed by atoms with van der Waals surface area (Å²) in [5.41, 5.74) is 3.00. The van der Waals surface area contributed by atoms with Crippen molar-refractivity contribution in [3.05, 3.63) is 77.0 Å². The topological polar surface area (TPSA) is 65.0 Å². The number of allylic oxidation sites excluding steroid dienone is 7. The number of aliphatic imine (C=N–C) groups is 1. The van der Waals surface area contributed by atoms with E-state index in [1.807, 2.05) is 25.1 Å². The fraction of sp³-hybridized carbons (Fsp3) is 0.375. The molecule has 1 aromatic rings. The van der Waals surface area contributed by atoms with Gasteiger partial charge in [0.05, 0.1) is 0 Å². The van der Waals surface area contributed by atoms with Gasteiger partial charge in [0, 0.05) is 44.1 Å². The molecule has 1 aliphatic rings. The van der Waals surface area contributed by atoms with Crippen LogP contribution in [0.15, 0.2) is 76.4 Å². The van der Waals surface area contributed by atoms with E-state index in [9.17, 15) is 8.42 Å². The number of benzene rings is 1. The molecule has 1 aliphatic heterocycles. The van der Waals surface area contributed by atoms with Crippen LogP contribution in [0.4, 0.5) is 5.69 Å². The summed E-state index contributed by atoms with van der Waals surface area (Å²) >= 11 is 0. The molecule has 7 heteroatoms. The molecule has 1 fully saturated rings. The predicted molar refractivity (Wildman–Crippen MR) is 132 cm³/mol. The quantitative estimate of drug-likeness (QED) is 0.436. The molecule has 0 bridgehead atoms. The van der Waals surface area contributed by atoms with Crippen molar-refractivity contribution in [2.75, 3.05) is 37.4 Å². The molecule has 0 aromatic heterocycles. The molecule has 0 atom stereocenters. The molecule has 0 spiro atoms. The van der Waals surface area contributed by atoms with Crippen molar-refractivity contribution in [2.45, 2.75) is 27.2 Å². The van der Waals surface area contributed by atoms with Gasteiger partial charge in [-0.1, -0.05) is 36.4 Å². The Bertz CT molecular complexity index is 936. The summed E-state index contributed by atoms with van der Waals surface area (Å²) < 4.78 is 27.4. The van der Waals surface area contributed by atoms with E-state index in [1.54, 1.807) is 31.2 Å². The van der Waals surface area contributed by atoms with E-state index in [0.29, 0.717) is 5.69 Å². The fourth-order valence-corrected chi connectivity index (χ4v) is 4.28. The fourth-order valence-electron chi connectivity index (χ4n) is 3.30. The van der Waals surface area contributed by atoms with E-state index in [1.165, 1.54) is 17.3 Å². The Balaban J connectivity index is 1.86. The average molecular weight is 443 g/mol. The summed E-state index contributed by atoms with van der Waals surface area (Å²) in [6.07, 6.45) is 12.0. The standard InChI is InChI=1S/C24H34N4O2S/c1-5-7-9-21(3)28-19-17-27(18-20-28)16-15-22-11-13-23(14-12-22)26-31(29,30)24(25-4)10-8-6-2/h5-14,26H,4,15-20H2,1-3H3/b7-5-,8-6-,21-9+,24-10+. The molecule has 0 unspecified atom stereocenters. The lowest BCUT2D eigenvalue weighted by molar-refractivity contribution is 0.160. The minimum absolute atomic E-state index is 0.107. The predicted octanol–water partition coefficient (Wildman–Crippen LogP) is 4.19. The highest BCUT2D eigenvalue weighted by atomic mass is 32.2. The third kappa shape index (κ3) is 7.84. The molecule has 1 aromatic carbocycles. The van der Waals surface area contributed by atoms with Crippen molar-refractivity contribution in [1.29, 1.82) is 0 Å². The van der Waals surface area contributed by atoms with Crippen LogP contribution in [0.5, 0.6) is 0 Å². The Morgan fingerprint density at radius 1 is 1.06 bits per heavy atom. The Hall–Kier alpha value is -2.64. The van der Waals surface area contributed by atoms with Crippen molar-refractivity contribution >= 4 is 22.4 Å². The second kappa shape index (κ2) is 12.3. The van der Waals surface area contributed by atoms with E-state index in [2.05, 4.69) is 45.3 Å². The first-order chi connectivity index (χ1) is 14.9. The van der Waals surface area contributed by atoms with Gasteiger partial charge >= 0.3 is 0 Å². The smallest absolute Gasteiger partial charge is 0.279 e. The lowest BCUT2D eigenvalue weighted by atomic mass is 10.1. The minimum atomic E-state index is -3.75. The van der Waals surface area contributed by atoms with Gasteiger partial charge in [0.2, 0.25) is 0 Å². The third-order valence-corrected chi connectivity index (χ3v) is 6.51. The molecule has 1 saturated heterocycles. The number of nitrogens with zero attached hydrogens (tertiary/aromatic N) is 3. The Kier molecular flexibility index (Phi) is 9.75. The summed E-state index contributed by atoms with van der Waals surface area (Å²) in [6, 6.07) is 7.51. The van der Waals surface area contributed by atoms with Crippen molar-refractivity contribution in [2.24, 2.45) is 4.99 Å². The highest BCUT2D eigenvalue weighted by Crippen LogP contribution is 2.17. The number of anilines is 1. The lowest BCUT2D eigenvalue weighted by Gasteiger charge is -2.36. The van der Waals surface area contributed by atoms with Crippen LogP contribution < -0.4 is 4.72 Å². The van der Waals surface area contributed by atoms with E-state index < -0.39 is 10.0 Å². The zero-order valence-corrected chi connectivity index (χ0v) is 19.6. The molecule has 0 saturated carbocycles. The van der Waals surface area contributed by atoms with Gasteiger partial charge in [-0.2, -0.15) is 8.42 Å². The summed E-state index contributed by atoms with van der Waals surface area (Å²) in [7, 11) is -3.75. The molecule has 1 N–H and O–H groups in total. The van der Waals surface area contributed by atoms with Crippen molar-refractivity contribution in [3.63, 3.8) is 0 Å². The molecule has 1 heterocycles. The van der Waals surface area contributed by atoms with Crippen LogP contribution in [0.25, 0.3) is 0 Å². The normalized spacial score (nSPS) is 16.9. The lowest BCUT2D eigenvalue weighted by Crippen LogP contribution is -2.45. The first-order valence-electron chi connectivity index (χ1n) is 10.6. The second-order valence-corrected chi connectivity index (χ2v) is 9.03. The van der Waals surface area contributed by atoms with Crippen LogP contribution in [0.1, 0.15) is 26.3 Å². The van der Waals surface area contributed by atoms with Gasteiger partial charge in [0.25, 0.3) is 10.0 Å².